The molecule has 5 heterocycles. The van der Waals surface area contributed by atoms with Crippen LogP contribution in [0.1, 0.15) is 29.5 Å². The summed E-state index contributed by atoms with van der Waals surface area (Å²) in [6.45, 7) is 5.81. The third kappa shape index (κ3) is 3.20. The number of rotatable bonds is 5. The lowest BCUT2D eigenvalue weighted by Crippen LogP contribution is -2.31. The zero-order chi connectivity index (χ0) is 21.5. The van der Waals surface area contributed by atoms with Crippen LogP contribution in [0.25, 0.3) is 22.6 Å². The fourth-order valence-corrected chi connectivity index (χ4v) is 3.88. The van der Waals surface area contributed by atoms with Gasteiger partial charge in [-0.1, -0.05) is 5.16 Å². The Morgan fingerprint density at radius 2 is 2.19 bits per heavy atom. The highest BCUT2D eigenvalue weighted by molar-refractivity contribution is 5.92. The van der Waals surface area contributed by atoms with Crippen molar-refractivity contribution >= 4 is 17.1 Å². The Morgan fingerprint density at radius 3 is 2.94 bits per heavy atom. The second-order valence-electron chi connectivity index (χ2n) is 7.38. The van der Waals surface area contributed by atoms with Crippen molar-refractivity contribution < 1.29 is 14.2 Å². The van der Waals surface area contributed by atoms with Gasteiger partial charge in [-0.25, -0.2) is 14.6 Å². The molecule has 5 rings (SSSR count). The molecule has 1 fully saturated rings. The summed E-state index contributed by atoms with van der Waals surface area (Å²) in [5.41, 5.74) is 3.40. The predicted molar refractivity (Wildman–Crippen MR) is 107 cm³/mol. The summed E-state index contributed by atoms with van der Waals surface area (Å²) in [4.78, 5) is 27.6. The first-order chi connectivity index (χ1) is 15.1. The lowest BCUT2D eigenvalue weighted by Gasteiger charge is -2.15. The maximum absolute atomic E-state index is 12.4. The van der Waals surface area contributed by atoms with E-state index in [-0.39, 0.29) is 17.7 Å². The molecular formula is C19H21N9O3. The Bertz CT molecular complexity index is 1240. The Balaban J connectivity index is 1.41. The highest BCUT2D eigenvalue weighted by Gasteiger charge is 2.31. The fourth-order valence-electron chi connectivity index (χ4n) is 3.88. The van der Waals surface area contributed by atoms with Crippen LogP contribution >= 0.6 is 0 Å². The van der Waals surface area contributed by atoms with Crippen molar-refractivity contribution in [3.63, 3.8) is 0 Å². The molecule has 4 aromatic heterocycles. The van der Waals surface area contributed by atoms with Gasteiger partial charge < -0.3 is 14.2 Å². The fraction of sp³-hybridized carbons (Fsp3) is 0.421. The van der Waals surface area contributed by atoms with E-state index in [1.54, 1.807) is 4.90 Å². The van der Waals surface area contributed by atoms with Crippen LogP contribution in [0.4, 0.5) is 0 Å². The van der Waals surface area contributed by atoms with Gasteiger partial charge >= 0.3 is 0 Å². The Labute approximate surface area is 176 Å². The van der Waals surface area contributed by atoms with E-state index in [0.717, 1.165) is 23.6 Å². The maximum Gasteiger partial charge on any atom is 0.277 e. The number of carbonyl (C=O) groups excluding carboxylic acids is 1. The number of hydrogen-bond acceptors (Lipinski definition) is 9. The number of aromatic nitrogens is 8. The highest BCUT2D eigenvalue weighted by atomic mass is 16.6. The van der Waals surface area contributed by atoms with E-state index >= 15 is 0 Å². The normalized spacial score (nSPS) is 16.4. The van der Waals surface area contributed by atoms with Gasteiger partial charge in [-0.3, -0.25) is 9.48 Å². The monoisotopic (exact) mass is 423 g/mol. The van der Waals surface area contributed by atoms with Crippen LogP contribution in [-0.2, 0) is 13.6 Å². The molecule has 1 atom stereocenters. The van der Waals surface area contributed by atoms with Crippen molar-refractivity contribution in [2.24, 2.45) is 7.05 Å². The van der Waals surface area contributed by atoms with Crippen LogP contribution < -0.4 is 4.74 Å². The molecule has 0 aliphatic carbocycles. The minimum Gasteiger partial charge on any atom is -0.471 e. The summed E-state index contributed by atoms with van der Waals surface area (Å²) in [7, 11) is 1.91. The number of fused-ring (bicyclic) bond motifs is 1. The number of nitrogens with zero attached hydrogens (tertiary/aromatic N) is 9. The molecule has 4 aromatic rings. The standard InChI is InChI=1S/C19H21N9O3/c1-4-28-11(2)13(7-22-28)16-24-15-17(26(16)3)20-10-21-18(15)30-12-5-6-27(9-12)19(29)14-8-23-31-25-14/h7-8,10,12H,4-6,9H2,1-3H3/t12-/m0/s1. The van der Waals surface area contributed by atoms with Crippen LogP contribution in [0.3, 0.4) is 0 Å². The molecule has 0 N–H and O–H groups in total. The van der Waals surface area contributed by atoms with Crippen LogP contribution in [0, 0.1) is 6.92 Å². The molecule has 1 amide bonds. The van der Waals surface area contributed by atoms with Gasteiger partial charge in [0.1, 0.15) is 24.5 Å². The third-order valence-corrected chi connectivity index (χ3v) is 5.56. The van der Waals surface area contributed by atoms with Gasteiger partial charge in [-0.05, 0) is 19.0 Å². The van der Waals surface area contributed by atoms with E-state index in [0.29, 0.717) is 36.6 Å². The van der Waals surface area contributed by atoms with Gasteiger partial charge in [0.25, 0.3) is 5.91 Å². The van der Waals surface area contributed by atoms with Gasteiger partial charge in [0, 0.05) is 32.3 Å². The third-order valence-electron chi connectivity index (χ3n) is 5.56. The van der Waals surface area contributed by atoms with Crippen LogP contribution in [0.5, 0.6) is 5.88 Å². The van der Waals surface area contributed by atoms with Gasteiger partial charge in [0.2, 0.25) is 5.88 Å². The summed E-state index contributed by atoms with van der Waals surface area (Å²) in [5.74, 6) is 0.915. The first-order valence-electron chi connectivity index (χ1n) is 10.0. The van der Waals surface area contributed by atoms with Gasteiger partial charge in [-0.2, -0.15) is 10.1 Å². The minimum atomic E-state index is -0.233. The average molecular weight is 423 g/mol. The molecule has 31 heavy (non-hydrogen) atoms. The number of carbonyl (C=O) groups is 1. The number of ether oxygens (including phenoxy) is 1. The van der Waals surface area contributed by atoms with E-state index < -0.39 is 0 Å². The largest absolute Gasteiger partial charge is 0.471 e. The number of imidazole rings is 1. The van der Waals surface area contributed by atoms with Crippen molar-refractivity contribution in [1.82, 2.24) is 44.5 Å². The van der Waals surface area contributed by atoms with Crippen molar-refractivity contribution in [2.45, 2.75) is 32.9 Å². The van der Waals surface area contributed by atoms with Crippen molar-refractivity contribution in [2.75, 3.05) is 13.1 Å². The lowest BCUT2D eigenvalue weighted by atomic mass is 10.2. The lowest BCUT2D eigenvalue weighted by molar-refractivity contribution is 0.0760. The first kappa shape index (κ1) is 19.2. The number of amides is 1. The second-order valence-corrected chi connectivity index (χ2v) is 7.38. The summed E-state index contributed by atoms with van der Waals surface area (Å²) >= 11 is 0. The molecule has 0 aromatic carbocycles. The number of likely N-dealkylation sites (tertiary alicyclic amines) is 1. The van der Waals surface area contributed by atoms with E-state index in [9.17, 15) is 4.79 Å². The maximum atomic E-state index is 12.4. The van der Waals surface area contributed by atoms with Crippen molar-refractivity contribution in [1.29, 1.82) is 0 Å². The molecular weight excluding hydrogens is 402 g/mol. The summed E-state index contributed by atoms with van der Waals surface area (Å²) in [5, 5.41) is 11.5. The minimum absolute atomic E-state index is 0.183. The molecule has 160 valence electrons. The molecule has 12 nitrogen and oxygen atoms in total. The van der Waals surface area contributed by atoms with Crippen LogP contribution in [0.15, 0.2) is 23.4 Å². The first-order valence-corrected chi connectivity index (χ1v) is 10.0. The molecule has 1 saturated heterocycles. The molecule has 1 aliphatic heterocycles. The summed E-state index contributed by atoms with van der Waals surface area (Å²) in [6, 6.07) is 0. The summed E-state index contributed by atoms with van der Waals surface area (Å²) in [6.07, 6.45) is 5.04. The average Bonchev–Trinajstić information content (AvgIpc) is 3.56. The van der Waals surface area contributed by atoms with Crippen LogP contribution in [0.2, 0.25) is 0 Å². The predicted octanol–water partition coefficient (Wildman–Crippen LogP) is 1.23. The molecule has 0 bridgehead atoms. The van der Waals surface area contributed by atoms with E-state index in [2.05, 4.69) is 30.0 Å². The Kier molecular flexibility index (Phi) is 4.60. The molecule has 0 radical (unpaired) electrons. The van der Waals surface area contributed by atoms with E-state index in [1.807, 2.05) is 36.3 Å². The second kappa shape index (κ2) is 7.45. The van der Waals surface area contributed by atoms with Crippen molar-refractivity contribution in [3.8, 4) is 17.3 Å². The van der Waals surface area contributed by atoms with Gasteiger partial charge in [0.15, 0.2) is 16.9 Å². The van der Waals surface area contributed by atoms with E-state index in [1.165, 1.54) is 12.5 Å². The van der Waals surface area contributed by atoms with Crippen molar-refractivity contribution in [3.05, 3.63) is 30.1 Å². The molecule has 0 spiro atoms. The quantitative estimate of drug-likeness (QED) is 0.465. The Hall–Kier alpha value is -3.83. The smallest absolute Gasteiger partial charge is 0.277 e. The van der Waals surface area contributed by atoms with Crippen LogP contribution in [-0.4, -0.2) is 69.6 Å². The summed E-state index contributed by atoms with van der Waals surface area (Å²) < 4.78 is 14.5. The van der Waals surface area contributed by atoms with E-state index in [4.69, 9.17) is 9.72 Å². The molecule has 0 saturated carbocycles. The molecule has 12 heteroatoms. The molecule has 1 aliphatic rings. The topological polar surface area (TPSA) is 130 Å². The Morgan fingerprint density at radius 1 is 1.32 bits per heavy atom. The molecule has 0 unspecified atom stereocenters. The number of aryl methyl sites for hydroxylation is 2. The highest BCUT2D eigenvalue weighted by Crippen LogP contribution is 2.30. The zero-order valence-corrected chi connectivity index (χ0v) is 17.4. The SMILES string of the molecule is CCn1ncc(-c2nc3c(O[C@H]4CCN(C(=O)c5cnon5)C4)ncnc3n2C)c1C. The van der Waals surface area contributed by atoms with Gasteiger partial charge in [0.05, 0.1) is 18.3 Å². The number of hydrogen-bond donors (Lipinski definition) is 0. The zero-order valence-electron chi connectivity index (χ0n) is 17.4. The van der Waals surface area contributed by atoms with Gasteiger partial charge in [-0.15, -0.1) is 0 Å².